The molecule has 3 nitrogen and oxygen atoms in total. The predicted octanol–water partition coefficient (Wildman–Crippen LogP) is 5.27. The van der Waals surface area contributed by atoms with Gasteiger partial charge in [-0.05, 0) is 41.1 Å². The van der Waals surface area contributed by atoms with E-state index in [2.05, 4.69) is 70.2 Å². The van der Waals surface area contributed by atoms with Gasteiger partial charge in [0.2, 0.25) is 0 Å². The van der Waals surface area contributed by atoms with E-state index in [-0.39, 0.29) is 0 Å². The maximum Gasteiger partial charge on any atom is 0.145 e. The Morgan fingerprint density at radius 2 is 1.88 bits per heavy atom. The summed E-state index contributed by atoms with van der Waals surface area (Å²) in [5, 5.41) is 2.55. The number of rotatable bonds is 1. The van der Waals surface area contributed by atoms with E-state index in [1.54, 1.807) is 0 Å². The van der Waals surface area contributed by atoms with Crippen LogP contribution in [0.4, 0.5) is 0 Å². The van der Waals surface area contributed by atoms with Crippen LogP contribution < -0.4 is 0 Å². The molecule has 26 heavy (non-hydrogen) atoms. The summed E-state index contributed by atoms with van der Waals surface area (Å²) < 4.78 is 2.25. The zero-order chi connectivity index (χ0) is 17.1. The number of pyridine rings is 2. The maximum absolute atomic E-state index is 4.98. The summed E-state index contributed by atoms with van der Waals surface area (Å²) in [6.07, 6.45) is 9.50. The van der Waals surface area contributed by atoms with Crippen LogP contribution >= 0.6 is 0 Å². The Bertz CT molecular complexity index is 1340. The number of aromatic nitrogens is 3. The molecule has 0 atom stereocenters. The number of nitrogens with zero attached hydrogens (tertiary/aromatic N) is 3. The summed E-state index contributed by atoms with van der Waals surface area (Å²) in [6.45, 7) is 0. The summed E-state index contributed by atoms with van der Waals surface area (Å²) in [4.78, 5) is 9.54. The molecule has 0 bridgehead atoms. The van der Waals surface area contributed by atoms with Gasteiger partial charge in [0.05, 0.1) is 16.7 Å². The quantitative estimate of drug-likeness (QED) is 0.418. The van der Waals surface area contributed by atoms with Gasteiger partial charge in [0.25, 0.3) is 0 Å². The third-order valence-electron chi connectivity index (χ3n) is 5.23. The van der Waals surface area contributed by atoms with Crippen molar-refractivity contribution in [3.05, 3.63) is 84.2 Å². The summed E-state index contributed by atoms with van der Waals surface area (Å²) in [5.41, 5.74) is 7.86. The molecule has 0 fully saturated rings. The summed E-state index contributed by atoms with van der Waals surface area (Å²) in [6, 6.07) is 18.8. The van der Waals surface area contributed by atoms with Crippen LogP contribution in [0.1, 0.15) is 11.1 Å². The molecule has 0 radical (unpaired) electrons. The van der Waals surface area contributed by atoms with Gasteiger partial charge < -0.3 is 0 Å². The first-order valence-corrected chi connectivity index (χ1v) is 8.83. The predicted molar refractivity (Wildman–Crippen MR) is 106 cm³/mol. The van der Waals surface area contributed by atoms with E-state index in [1.165, 1.54) is 21.9 Å². The molecule has 3 aromatic heterocycles. The van der Waals surface area contributed by atoms with Crippen molar-refractivity contribution in [2.75, 3.05) is 0 Å². The van der Waals surface area contributed by atoms with Crippen molar-refractivity contribution in [3.63, 3.8) is 0 Å². The zero-order valence-corrected chi connectivity index (χ0v) is 14.1. The molecule has 3 heterocycles. The van der Waals surface area contributed by atoms with Crippen molar-refractivity contribution in [2.45, 2.75) is 6.42 Å². The zero-order valence-electron chi connectivity index (χ0n) is 14.1. The van der Waals surface area contributed by atoms with Crippen molar-refractivity contribution in [2.24, 2.45) is 0 Å². The minimum absolute atomic E-state index is 0.953. The second-order valence-corrected chi connectivity index (χ2v) is 6.72. The van der Waals surface area contributed by atoms with Crippen LogP contribution in [0.2, 0.25) is 0 Å². The number of hydrogen-bond donors (Lipinski definition) is 0. The van der Waals surface area contributed by atoms with E-state index in [0.717, 1.165) is 34.4 Å². The van der Waals surface area contributed by atoms with Gasteiger partial charge in [-0.3, -0.25) is 9.38 Å². The Morgan fingerprint density at radius 3 is 2.81 bits per heavy atom. The largest absolute Gasteiger partial charge is 0.298 e. The highest BCUT2D eigenvalue weighted by molar-refractivity contribution is 6.06. The second kappa shape index (κ2) is 5.02. The maximum atomic E-state index is 4.98. The molecular formula is C23H15N3. The van der Waals surface area contributed by atoms with Crippen molar-refractivity contribution >= 4 is 33.5 Å². The first kappa shape index (κ1) is 13.8. The van der Waals surface area contributed by atoms with E-state index in [1.807, 2.05) is 18.3 Å². The molecule has 1 aliphatic carbocycles. The molecule has 0 saturated heterocycles. The van der Waals surface area contributed by atoms with Crippen LogP contribution in [-0.2, 0) is 6.42 Å². The highest BCUT2D eigenvalue weighted by atomic mass is 15.0. The molecule has 0 N–H and O–H groups in total. The van der Waals surface area contributed by atoms with Crippen LogP contribution in [0.3, 0.4) is 0 Å². The Balaban J connectivity index is 1.82. The average Bonchev–Trinajstić information content (AvgIpc) is 3.08. The van der Waals surface area contributed by atoms with E-state index in [9.17, 15) is 0 Å². The van der Waals surface area contributed by atoms with E-state index in [0.29, 0.717) is 0 Å². The van der Waals surface area contributed by atoms with Gasteiger partial charge in [0, 0.05) is 23.3 Å². The lowest BCUT2D eigenvalue weighted by Crippen LogP contribution is -1.98. The molecule has 5 aromatic rings. The number of fused-ring (bicyclic) bond motifs is 4. The van der Waals surface area contributed by atoms with Crippen molar-refractivity contribution in [1.29, 1.82) is 0 Å². The van der Waals surface area contributed by atoms with E-state index < -0.39 is 0 Å². The molecule has 0 saturated carbocycles. The van der Waals surface area contributed by atoms with Crippen LogP contribution in [-0.4, -0.2) is 14.4 Å². The Kier molecular flexibility index (Phi) is 2.66. The first-order chi connectivity index (χ1) is 12.9. The van der Waals surface area contributed by atoms with Gasteiger partial charge in [-0.15, -0.1) is 0 Å². The fourth-order valence-corrected chi connectivity index (χ4v) is 4.13. The summed E-state index contributed by atoms with van der Waals surface area (Å²) >= 11 is 0. The molecule has 122 valence electrons. The van der Waals surface area contributed by atoms with Gasteiger partial charge in [0.1, 0.15) is 5.65 Å². The van der Waals surface area contributed by atoms with Crippen LogP contribution in [0.5, 0.6) is 0 Å². The smallest absolute Gasteiger partial charge is 0.145 e. The molecule has 6 rings (SSSR count). The van der Waals surface area contributed by atoms with Crippen LogP contribution in [0, 0.1) is 0 Å². The Labute approximate surface area is 150 Å². The number of para-hydroxylation sites is 1. The third kappa shape index (κ3) is 1.77. The third-order valence-corrected chi connectivity index (χ3v) is 5.23. The molecule has 2 aromatic carbocycles. The van der Waals surface area contributed by atoms with Gasteiger partial charge in [-0.25, -0.2) is 4.98 Å². The lowest BCUT2D eigenvalue weighted by Gasteiger charge is -2.14. The number of allylic oxidation sites excluding steroid dienone is 1. The first-order valence-electron chi connectivity index (χ1n) is 8.83. The highest BCUT2D eigenvalue weighted by Gasteiger charge is 2.17. The van der Waals surface area contributed by atoms with Crippen molar-refractivity contribution < 1.29 is 0 Å². The van der Waals surface area contributed by atoms with E-state index in [4.69, 9.17) is 4.98 Å². The van der Waals surface area contributed by atoms with Crippen molar-refractivity contribution in [3.8, 4) is 11.3 Å². The molecular weight excluding hydrogens is 318 g/mol. The Hall–Kier alpha value is -3.46. The molecule has 1 aliphatic rings. The summed E-state index contributed by atoms with van der Waals surface area (Å²) in [7, 11) is 0. The lowest BCUT2D eigenvalue weighted by molar-refractivity contribution is 1.17. The fraction of sp³-hybridized carbons (Fsp3) is 0.0435. The molecule has 0 amide bonds. The van der Waals surface area contributed by atoms with Crippen molar-refractivity contribution in [1.82, 2.24) is 14.4 Å². The number of hydrogen-bond acceptors (Lipinski definition) is 2. The van der Waals surface area contributed by atoms with Gasteiger partial charge in [0.15, 0.2) is 0 Å². The van der Waals surface area contributed by atoms with Gasteiger partial charge in [-0.1, -0.05) is 48.6 Å². The normalized spacial score (nSPS) is 13.1. The van der Waals surface area contributed by atoms with Gasteiger partial charge >= 0.3 is 0 Å². The van der Waals surface area contributed by atoms with Crippen LogP contribution in [0.25, 0.3) is 44.8 Å². The Morgan fingerprint density at radius 1 is 0.923 bits per heavy atom. The van der Waals surface area contributed by atoms with Crippen LogP contribution in [0.15, 0.2) is 73.1 Å². The lowest BCUT2D eigenvalue weighted by atomic mass is 9.95. The fourth-order valence-electron chi connectivity index (χ4n) is 4.13. The number of benzene rings is 2. The molecule has 0 aliphatic heterocycles. The minimum Gasteiger partial charge on any atom is -0.298 e. The molecule has 0 unspecified atom stereocenters. The minimum atomic E-state index is 0.953. The van der Waals surface area contributed by atoms with E-state index >= 15 is 0 Å². The monoisotopic (exact) mass is 333 g/mol. The van der Waals surface area contributed by atoms with Gasteiger partial charge in [-0.2, -0.15) is 0 Å². The second-order valence-electron chi connectivity index (χ2n) is 6.72. The SMILES string of the molecule is C1=Cc2cccc3c2c(cn2c3nc3cccc(-c4ccccn4)c32)C1. The number of imidazole rings is 1. The molecule has 3 heteroatoms. The summed E-state index contributed by atoms with van der Waals surface area (Å²) in [5.74, 6) is 0. The standard InChI is InChI=1S/C23H15N3/c1-2-13-24-19(11-1)17-9-5-12-20-22(17)26-14-16-8-3-6-15-7-4-10-18(21(15)16)23(26)25-20/h1-7,9-14H,8H2. The average molecular weight is 333 g/mol. The highest BCUT2D eigenvalue weighted by Crippen LogP contribution is 2.35. The molecule has 0 spiro atoms. The topological polar surface area (TPSA) is 30.2 Å².